The van der Waals surface area contributed by atoms with Crippen molar-refractivity contribution in [1.82, 2.24) is 30.0 Å². The van der Waals surface area contributed by atoms with Crippen molar-refractivity contribution in [3.05, 3.63) is 22.6 Å². The summed E-state index contributed by atoms with van der Waals surface area (Å²) in [6, 6.07) is 1.95. The van der Waals surface area contributed by atoms with Crippen molar-refractivity contribution in [2.75, 3.05) is 36.0 Å². The summed E-state index contributed by atoms with van der Waals surface area (Å²) >= 11 is 1.59. The fourth-order valence-electron chi connectivity index (χ4n) is 4.58. The maximum atomic E-state index is 13.3. The molecule has 2 N–H and O–H groups in total. The zero-order chi connectivity index (χ0) is 24.7. The number of nitrogens with one attached hydrogen (secondary N) is 1. The van der Waals surface area contributed by atoms with Crippen LogP contribution >= 0.6 is 11.3 Å². The van der Waals surface area contributed by atoms with E-state index < -0.39 is 24.5 Å². The van der Waals surface area contributed by atoms with E-state index in [2.05, 4.69) is 28.5 Å². The van der Waals surface area contributed by atoms with E-state index >= 15 is 0 Å². The first-order chi connectivity index (χ1) is 16.8. The smallest absolute Gasteiger partial charge is 0.387 e. The van der Waals surface area contributed by atoms with Crippen molar-refractivity contribution in [2.24, 2.45) is 0 Å². The summed E-state index contributed by atoms with van der Waals surface area (Å²) < 4.78 is 40.9. The highest BCUT2D eigenvalue weighted by Crippen LogP contribution is 2.36. The molecular formula is C21H25F3N8O2S. The molecule has 1 amide bonds. The summed E-state index contributed by atoms with van der Waals surface area (Å²) in [5.74, 6) is 0.0192. The highest BCUT2D eigenvalue weighted by Gasteiger charge is 2.40. The minimum atomic E-state index is -4.55. The quantitative estimate of drug-likeness (QED) is 0.518. The van der Waals surface area contributed by atoms with Crippen LogP contribution in [0.1, 0.15) is 36.3 Å². The molecule has 35 heavy (non-hydrogen) atoms. The monoisotopic (exact) mass is 510 g/mol. The van der Waals surface area contributed by atoms with Crippen molar-refractivity contribution >= 4 is 39.2 Å². The van der Waals surface area contributed by atoms with Crippen LogP contribution in [-0.2, 0) is 30.5 Å². The zero-order valence-electron chi connectivity index (χ0n) is 19.0. The predicted octanol–water partition coefficient (Wildman–Crippen LogP) is 1.96. The van der Waals surface area contributed by atoms with Gasteiger partial charge in [0.25, 0.3) is 0 Å². The van der Waals surface area contributed by atoms with E-state index in [0.717, 1.165) is 27.6 Å². The molecular weight excluding hydrogens is 485 g/mol. The van der Waals surface area contributed by atoms with Crippen LogP contribution in [0, 0.1) is 0 Å². The molecule has 2 aliphatic rings. The standard InChI is InChI=1S/C21H25F3N8O2S/c1-2-3-13-8-14-17(30-6-7-32-15(10-30)28-29-19(32)21(22,23)24)26-20(27-18(14)35-13)31-5-4-12(9-31)25-16(34)11-33/h8,12,33H,2-7,9-11H2,1H3,(H,25,34)/t12-/m0/s1. The van der Waals surface area contributed by atoms with Gasteiger partial charge in [0.05, 0.1) is 11.9 Å². The van der Waals surface area contributed by atoms with Gasteiger partial charge in [0, 0.05) is 37.1 Å². The Bertz CT molecular complexity index is 1240. The number of hydrogen-bond donors (Lipinski definition) is 2. The van der Waals surface area contributed by atoms with Gasteiger partial charge >= 0.3 is 6.18 Å². The van der Waals surface area contributed by atoms with E-state index in [1.165, 1.54) is 4.88 Å². The van der Waals surface area contributed by atoms with Crippen molar-refractivity contribution in [3.8, 4) is 0 Å². The van der Waals surface area contributed by atoms with Gasteiger partial charge < -0.3 is 24.8 Å². The highest BCUT2D eigenvalue weighted by molar-refractivity contribution is 7.18. The number of thiophene rings is 1. The Morgan fingerprint density at radius 1 is 1.23 bits per heavy atom. The molecule has 0 unspecified atom stereocenters. The zero-order valence-corrected chi connectivity index (χ0v) is 19.9. The SMILES string of the molecule is CCCc1cc2c(N3CCn4c(nnc4C(F)(F)F)C3)nc(N3CC[C@H](NC(=O)CO)C3)nc2s1. The fraction of sp³-hybridized carbons (Fsp3) is 0.571. The minimum Gasteiger partial charge on any atom is -0.387 e. The predicted molar refractivity (Wildman–Crippen MR) is 123 cm³/mol. The van der Waals surface area contributed by atoms with E-state index in [0.29, 0.717) is 37.8 Å². The molecule has 10 nitrogen and oxygen atoms in total. The molecule has 0 bridgehead atoms. The second-order valence-electron chi connectivity index (χ2n) is 8.70. The molecule has 1 fully saturated rings. The number of aliphatic hydroxyl groups is 1. The van der Waals surface area contributed by atoms with Crippen LogP contribution in [0.3, 0.4) is 0 Å². The molecule has 14 heteroatoms. The van der Waals surface area contributed by atoms with Gasteiger partial charge in [0.2, 0.25) is 17.7 Å². The maximum Gasteiger partial charge on any atom is 0.451 e. The maximum absolute atomic E-state index is 13.3. The number of aryl methyl sites for hydroxylation is 1. The van der Waals surface area contributed by atoms with Gasteiger partial charge in [-0.25, -0.2) is 4.98 Å². The van der Waals surface area contributed by atoms with Gasteiger partial charge in [-0.15, -0.1) is 21.5 Å². The van der Waals surface area contributed by atoms with Gasteiger partial charge in [0.1, 0.15) is 17.3 Å². The van der Waals surface area contributed by atoms with Gasteiger partial charge in [-0.3, -0.25) is 4.79 Å². The Labute approximate surface area is 202 Å². The second kappa shape index (κ2) is 9.22. The number of halogens is 3. The fourth-order valence-corrected chi connectivity index (χ4v) is 5.70. The minimum absolute atomic E-state index is 0.100. The van der Waals surface area contributed by atoms with Crippen LogP contribution in [0.25, 0.3) is 10.2 Å². The number of amides is 1. The first kappa shape index (κ1) is 23.7. The third-order valence-electron chi connectivity index (χ3n) is 6.19. The second-order valence-corrected chi connectivity index (χ2v) is 9.81. The molecule has 188 valence electrons. The Morgan fingerprint density at radius 2 is 2.06 bits per heavy atom. The van der Waals surface area contributed by atoms with Crippen LogP contribution in [0.15, 0.2) is 6.07 Å². The molecule has 0 aromatic carbocycles. The lowest BCUT2D eigenvalue weighted by molar-refractivity contribution is -0.147. The molecule has 5 heterocycles. The van der Waals surface area contributed by atoms with Crippen LogP contribution in [-0.4, -0.2) is 68.0 Å². The average Bonchev–Trinajstić information content (AvgIpc) is 3.55. The number of alkyl halides is 3. The number of aliphatic hydroxyl groups excluding tert-OH is 1. The van der Waals surface area contributed by atoms with E-state index in [1.54, 1.807) is 11.3 Å². The number of anilines is 2. The van der Waals surface area contributed by atoms with E-state index in [-0.39, 0.29) is 25.0 Å². The topological polar surface area (TPSA) is 112 Å². The Balaban J connectivity index is 1.47. The lowest BCUT2D eigenvalue weighted by Gasteiger charge is -2.30. The summed E-state index contributed by atoms with van der Waals surface area (Å²) in [6.07, 6.45) is -1.98. The van der Waals surface area contributed by atoms with Gasteiger partial charge in [-0.2, -0.15) is 18.2 Å². The van der Waals surface area contributed by atoms with E-state index in [1.807, 2.05) is 9.80 Å². The number of fused-ring (bicyclic) bond motifs is 2. The molecule has 0 spiro atoms. The first-order valence-electron chi connectivity index (χ1n) is 11.5. The lowest BCUT2D eigenvalue weighted by atomic mass is 10.2. The Hall–Kier alpha value is -3.00. The Kier molecular flexibility index (Phi) is 6.25. The molecule has 0 aliphatic carbocycles. The third-order valence-corrected chi connectivity index (χ3v) is 7.28. The molecule has 5 rings (SSSR count). The van der Waals surface area contributed by atoms with Crippen molar-refractivity contribution < 1.29 is 23.1 Å². The van der Waals surface area contributed by atoms with E-state index in [4.69, 9.17) is 15.1 Å². The van der Waals surface area contributed by atoms with Gasteiger partial charge in [0.15, 0.2) is 5.82 Å². The van der Waals surface area contributed by atoms with Crippen LogP contribution in [0.5, 0.6) is 0 Å². The van der Waals surface area contributed by atoms with Gasteiger partial charge in [-0.05, 0) is 18.9 Å². The molecule has 0 radical (unpaired) electrons. The number of carbonyl (C=O) groups excluding carboxylic acids is 1. The summed E-state index contributed by atoms with van der Waals surface area (Å²) in [6.45, 7) is 3.27. The molecule has 3 aromatic rings. The van der Waals surface area contributed by atoms with Crippen molar-refractivity contribution in [2.45, 2.75) is 51.5 Å². The van der Waals surface area contributed by atoms with Gasteiger partial charge in [-0.1, -0.05) is 13.3 Å². The van der Waals surface area contributed by atoms with Crippen LogP contribution < -0.4 is 15.1 Å². The molecule has 3 aromatic heterocycles. The lowest BCUT2D eigenvalue weighted by Crippen LogP contribution is -2.39. The number of carbonyl (C=O) groups is 1. The molecule has 2 aliphatic heterocycles. The molecule has 1 saturated heterocycles. The molecule has 1 atom stereocenters. The van der Waals surface area contributed by atoms with E-state index in [9.17, 15) is 18.0 Å². The van der Waals surface area contributed by atoms with Crippen molar-refractivity contribution in [3.63, 3.8) is 0 Å². The third kappa shape index (κ3) is 4.63. The summed E-state index contributed by atoms with van der Waals surface area (Å²) in [4.78, 5) is 27.1. The Morgan fingerprint density at radius 3 is 2.80 bits per heavy atom. The largest absolute Gasteiger partial charge is 0.451 e. The first-order valence-corrected chi connectivity index (χ1v) is 12.3. The molecule has 0 saturated carbocycles. The number of hydrogen-bond acceptors (Lipinski definition) is 9. The summed E-state index contributed by atoms with van der Waals surface area (Å²) in [7, 11) is 0. The number of nitrogens with zero attached hydrogens (tertiary/aromatic N) is 7. The number of aromatic nitrogens is 5. The summed E-state index contributed by atoms with van der Waals surface area (Å²) in [5, 5.41) is 19.8. The highest BCUT2D eigenvalue weighted by atomic mass is 32.1. The van der Waals surface area contributed by atoms with Crippen molar-refractivity contribution in [1.29, 1.82) is 0 Å². The van der Waals surface area contributed by atoms with Crippen LogP contribution in [0.4, 0.5) is 24.9 Å². The van der Waals surface area contributed by atoms with Crippen LogP contribution in [0.2, 0.25) is 0 Å². The normalized spacial score (nSPS) is 18.4. The summed E-state index contributed by atoms with van der Waals surface area (Å²) in [5.41, 5.74) is 0. The average molecular weight is 511 g/mol. The number of rotatable bonds is 6.